The van der Waals surface area contributed by atoms with Gasteiger partial charge < -0.3 is 10.2 Å². The van der Waals surface area contributed by atoms with Gasteiger partial charge in [-0.25, -0.2) is 9.48 Å². The van der Waals surface area contributed by atoms with Crippen LogP contribution < -0.4 is 21.5 Å². The maximum absolute atomic E-state index is 12.2. The second-order valence-electron chi connectivity index (χ2n) is 5.50. The van der Waals surface area contributed by atoms with E-state index in [1.165, 1.54) is 11.7 Å². The number of hydrogen-bond donors (Lipinski definition) is 1. The van der Waals surface area contributed by atoms with Crippen LogP contribution in [0.15, 0.2) is 9.59 Å². The Kier molecular flexibility index (Phi) is 4.27. The van der Waals surface area contributed by atoms with Gasteiger partial charge in [0.15, 0.2) is 0 Å². The Morgan fingerprint density at radius 3 is 2.35 bits per heavy atom. The highest BCUT2D eigenvalue weighted by atomic mass is 16.2. The summed E-state index contributed by atoms with van der Waals surface area (Å²) in [5, 5.41) is 7.42. The zero-order valence-corrected chi connectivity index (χ0v) is 12.6. The molecule has 1 fully saturated rings. The molecule has 0 unspecified atom stereocenters. The van der Waals surface area contributed by atoms with Gasteiger partial charge in [0, 0.05) is 33.2 Å². The molecule has 1 heterocycles. The Morgan fingerprint density at radius 2 is 1.80 bits per heavy atom. The van der Waals surface area contributed by atoms with Crippen molar-refractivity contribution in [1.29, 1.82) is 0 Å². The topological polar surface area (TPSA) is 72.2 Å². The van der Waals surface area contributed by atoms with E-state index in [1.807, 2.05) is 19.0 Å². The lowest BCUT2D eigenvalue weighted by Gasteiger charge is -2.34. The van der Waals surface area contributed by atoms with Crippen LogP contribution in [-0.2, 0) is 14.1 Å². The SMILES string of the molecule is CNC1CCC(N(C)c2nn(C)c(=O)n(C)c2=O)CC1. The summed E-state index contributed by atoms with van der Waals surface area (Å²) in [4.78, 5) is 25.8. The third-order valence-corrected chi connectivity index (χ3v) is 4.29. The van der Waals surface area contributed by atoms with Crippen molar-refractivity contribution in [2.75, 3.05) is 19.0 Å². The highest BCUT2D eigenvalue weighted by Crippen LogP contribution is 2.23. The average Bonchev–Trinajstić information content (AvgIpc) is 2.48. The van der Waals surface area contributed by atoms with E-state index in [1.54, 1.807) is 7.05 Å². The molecule has 112 valence electrons. The van der Waals surface area contributed by atoms with Crippen molar-refractivity contribution in [3.05, 3.63) is 20.8 Å². The van der Waals surface area contributed by atoms with E-state index in [0.717, 1.165) is 30.3 Å². The fraction of sp³-hybridized carbons (Fsp3) is 0.769. The van der Waals surface area contributed by atoms with E-state index in [4.69, 9.17) is 0 Å². The highest BCUT2D eigenvalue weighted by Gasteiger charge is 2.26. The van der Waals surface area contributed by atoms with Crippen molar-refractivity contribution in [3.8, 4) is 0 Å². The van der Waals surface area contributed by atoms with Crippen LogP contribution in [0.5, 0.6) is 0 Å². The quantitative estimate of drug-likeness (QED) is 0.804. The largest absolute Gasteiger partial charge is 0.351 e. The van der Waals surface area contributed by atoms with Crippen molar-refractivity contribution in [3.63, 3.8) is 0 Å². The Labute approximate surface area is 118 Å². The van der Waals surface area contributed by atoms with E-state index in [9.17, 15) is 9.59 Å². The molecular formula is C13H23N5O2. The maximum atomic E-state index is 12.2. The van der Waals surface area contributed by atoms with Crippen molar-refractivity contribution in [2.24, 2.45) is 14.1 Å². The molecule has 1 saturated carbocycles. The zero-order chi connectivity index (χ0) is 14.9. The second kappa shape index (κ2) is 5.78. The van der Waals surface area contributed by atoms with E-state index in [0.29, 0.717) is 17.9 Å². The lowest BCUT2D eigenvalue weighted by atomic mass is 9.90. The molecule has 1 N–H and O–H groups in total. The Bertz CT molecular complexity index is 583. The molecule has 1 aromatic heterocycles. The van der Waals surface area contributed by atoms with Crippen molar-refractivity contribution >= 4 is 5.82 Å². The van der Waals surface area contributed by atoms with Gasteiger partial charge in [0.25, 0.3) is 5.56 Å². The summed E-state index contributed by atoms with van der Waals surface area (Å²) in [6, 6.07) is 0.868. The number of rotatable bonds is 3. The summed E-state index contributed by atoms with van der Waals surface area (Å²) in [6.07, 6.45) is 4.24. The van der Waals surface area contributed by atoms with Gasteiger partial charge in [-0.15, -0.1) is 5.10 Å². The molecule has 7 nitrogen and oxygen atoms in total. The normalized spacial score (nSPS) is 22.8. The molecule has 0 radical (unpaired) electrons. The van der Waals surface area contributed by atoms with Gasteiger partial charge in [-0.1, -0.05) is 0 Å². The van der Waals surface area contributed by atoms with E-state index in [-0.39, 0.29) is 5.56 Å². The van der Waals surface area contributed by atoms with Crippen LogP contribution in [0, 0.1) is 0 Å². The standard InChI is InChI=1S/C13H23N5O2/c1-14-9-5-7-10(8-6-9)16(2)11-12(19)17(3)13(20)18(4)15-11/h9-10,14H,5-8H2,1-4H3. The van der Waals surface area contributed by atoms with Crippen LogP contribution in [0.25, 0.3) is 0 Å². The van der Waals surface area contributed by atoms with E-state index >= 15 is 0 Å². The third kappa shape index (κ3) is 2.63. The third-order valence-electron chi connectivity index (χ3n) is 4.29. The van der Waals surface area contributed by atoms with Gasteiger partial charge in [-0.3, -0.25) is 9.36 Å². The fourth-order valence-electron chi connectivity index (χ4n) is 2.83. The molecule has 0 saturated heterocycles. The summed E-state index contributed by atoms with van der Waals surface area (Å²) >= 11 is 0. The smallest absolute Gasteiger partial charge is 0.346 e. The van der Waals surface area contributed by atoms with Crippen molar-refractivity contribution in [2.45, 2.75) is 37.8 Å². The first-order valence-corrected chi connectivity index (χ1v) is 7.00. The summed E-state index contributed by atoms with van der Waals surface area (Å²) in [5.74, 6) is 0.350. The molecule has 1 aliphatic rings. The van der Waals surface area contributed by atoms with Gasteiger partial charge in [-0.2, -0.15) is 0 Å². The number of hydrogen-bond acceptors (Lipinski definition) is 5. The second-order valence-corrected chi connectivity index (χ2v) is 5.50. The van der Waals surface area contributed by atoms with Crippen LogP contribution >= 0.6 is 0 Å². The molecule has 20 heavy (non-hydrogen) atoms. The van der Waals surface area contributed by atoms with Crippen LogP contribution in [0.1, 0.15) is 25.7 Å². The van der Waals surface area contributed by atoms with Gasteiger partial charge in [0.05, 0.1) is 0 Å². The van der Waals surface area contributed by atoms with Crippen molar-refractivity contribution < 1.29 is 0 Å². The van der Waals surface area contributed by atoms with Gasteiger partial charge >= 0.3 is 5.69 Å². The maximum Gasteiger partial charge on any atom is 0.346 e. The highest BCUT2D eigenvalue weighted by molar-refractivity contribution is 5.35. The number of aryl methyl sites for hydroxylation is 1. The lowest BCUT2D eigenvalue weighted by Crippen LogP contribution is -2.46. The summed E-state index contributed by atoms with van der Waals surface area (Å²) in [5.41, 5.74) is -0.725. The zero-order valence-electron chi connectivity index (χ0n) is 12.6. The molecule has 0 atom stereocenters. The van der Waals surface area contributed by atoms with Crippen LogP contribution in [0.4, 0.5) is 5.82 Å². The van der Waals surface area contributed by atoms with Crippen LogP contribution in [0.2, 0.25) is 0 Å². The van der Waals surface area contributed by atoms with Crippen molar-refractivity contribution in [1.82, 2.24) is 19.7 Å². The van der Waals surface area contributed by atoms with Gasteiger partial charge in [-0.05, 0) is 32.7 Å². The molecule has 2 rings (SSSR count). The first kappa shape index (κ1) is 14.8. The summed E-state index contributed by atoms with van der Waals surface area (Å²) in [7, 11) is 6.93. The minimum atomic E-state index is -0.397. The van der Waals surface area contributed by atoms with Crippen LogP contribution in [0.3, 0.4) is 0 Å². The minimum Gasteiger partial charge on any atom is -0.351 e. The molecule has 0 bridgehead atoms. The Balaban J connectivity index is 2.24. The predicted octanol–water partition coefficient (Wildman–Crippen LogP) is -0.554. The number of nitrogens with zero attached hydrogens (tertiary/aromatic N) is 4. The first-order chi connectivity index (χ1) is 9.45. The molecule has 1 aliphatic carbocycles. The van der Waals surface area contributed by atoms with Crippen LogP contribution in [-0.4, -0.2) is 40.5 Å². The predicted molar refractivity (Wildman–Crippen MR) is 78.2 cm³/mol. The van der Waals surface area contributed by atoms with Gasteiger partial charge in [0.2, 0.25) is 5.82 Å². The monoisotopic (exact) mass is 281 g/mol. The lowest BCUT2D eigenvalue weighted by molar-refractivity contribution is 0.349. The average molecular weight is 281 g/mol. The molecule has 0 amide bonds. The molecule has 0 aliphatic heterocycles. The number of nitrogens with one attached hydrogen (secondary N) is 1. The molecular weight excluding hydrogens is 258 g/mol. The minimum absolute atomic E-state index is 0.303. The molecule has 7 heteroatoms. The Morgan fingerprint density at radius 1 is 1.20 bits per heavy atom. The van der Waals surface area contributed by atoms with Gasteiger partial charge in [0.1, 0.15) is 0 Å². The van der Waals surface area contributed by atoms with E-state index < -0.39 is 5.69 Å². The molecule has 0 spiro atoms. The number of anilines is 1. The molecule has 0 aromatic carbocycles. The summed E-state index contributed by atoms with van der Waals surface area (Å²) in [6.45, 7) is 0. The Hall–Kier alpha value is -1.63. The van der Waals surface area contributed by atoms with E-state index in [2.05, 4.69) is 10.4 Å². The fourth-order valence-corrected chi connectivity index (χ4v) is 2.83. The number of aromatic nitrogens is 3. The molecule has 1 aromatic rings. The first-order valence-electron chi connectivity index (χ1n) is 7.00. The summed E-state index contributed by atoms with van der Waals surface area (Å²) < 4.78 is 2.32.